The molecule has 0 atom stereocenters. The van der Waals surface area contributed by atoms with Crippen LogP contribution in [-0.4, -0.2) is 21.0 Å². The number of anilines is 1. The zero-order valence-corrected chi connectivity index (χ0v) is 14.0. The number of nitro groups is 1. The Bertz CT molecular complexity index is 725. The van der Waals surface area contributed by atoms with Crippen LogP contribution in [0.15, 0.2) is 18.2 Å². The number of carbonyl (C=O) groups excluding carboxylic acids is 1. The maximum Gasteiger partial charge on any atom is 0.273 e. The third kappa shape index (κ3) is 3.70. The topological polar surface area (TPSA) is 98.0 Å². The van der Waals surface area contributed by atoms with Crippen LogP contribution in [0.3, 0.4) is 0 Å². The number of carbonyl (C=O) groups is 1. The number of rotatable bonds is 6. The lowest BCUT2D eigenvalue weighted by molar-refractivity contribution is -0.385. The molecular formula is C15H18N4O3S. The molecule has 0 spiro atoms. The van der Waals surface area contributed by atoms with E-state index in [-0.39, 0.29) is 11.3 Å². The highest BCUT2D eigenvalue weighted by Crippen LogP contribution is 2.29. The Balaban J connectivity index is 2.20. The van der Waals surface area contributed by atoms with E-state index in [0.29, 0.717) is 16.6 Å². The number of benzene rings is 1. The molecule has 0 aliphatic heterocycles. The highest BCUT2D eigenvalue weighted by atomic mass is 32.1. The van der Waals surface area contributed by atoms with Gasteiger partial charge in [0, 0.05) is 23.1 Å². The predicted octanol–water partition coefficient (Wildman–Crippen LogP) is 3.91. The molecule has 23 heavy (non-hydrogen) atoms. The van der Waals surface area contributed by atoms with Gasteiger partial charge in [-0.1, -0.05) is 31.3 Å². The summed E-state index contributed by atoms with van der Waals surface area (Å²) in [6.45, 7) is 5.73. The van der Waals surface area contributed by atoms with Crippen molar-refractivity contribution in [2.24, 2.45) is 0 Å². The van der Waals surface area contributed by atoms with Crippen LogP contribution in [0.2, 0.25) is 0 Å². The third-order valence-electron chi connectivity index (χ3n) is 3.74. The Morgan fingerprint density at radius 1 is 1.35 bits per heavy atom. The van der Waals surface area contributed by atoms with E-state index in [1.165, 1.54) is 23.5 Å². The van der Waals surface area contributed by atoms with Crippen LogP contribution in [-0.2, 0) is 0 Å². The van der Waals surface area contributed by atoms with Gasteiger partial charge in [0.1, 0.15) is 5.01 Å². The summed E-state index contributed by atoms with van der Waals surface area (Å²) in [7, 11) is 0. The van der Waals surface area contributed by atoms with Gasteiger partial charge in [-0.2, -0.15) is 0 Å². The molecule has 1 aromatic carbocycles. The highest BCUT2D eigenvalue weighted by Gasteiger charge is 2.20. The average Bonchev–Trinajstić information content (AvgIpc) is 2.96. The van der Waals surface area contributed by atoms with Gasteiger partial charge in [0.15, 0.2) is 0 Å². The molecule has 7 nitrogen and oxygen atoms in total. The van der Waals surface area contributed by atoms with E-state index in [0.717, 1.165) is 17.8 Å². The first-order chi connectivity index (χ1) is 11.0. The number of hydrogen-bond donors (Lipinski definition) is 1. The van der Waals surface area contributed by atoms with Crippen molar-refractivity contribution in [2.75, 3.05) is 5.32 Å². The number of nitrogens with zero attached hydrogens (tertiary/aromatic N) is 3. The van der Waals surface area contributed by atoms with Gasteiger partial charge in [0.25, 0.3) is 11.6 Å². The first kappa shape index (κ1) is 17.0. The molecule has 8 heteroatoms. The molecule has 0 saturated heterocycles. The molecule has 1 heterocycles. The van der Waals surface area contributed by atoms with E-state index in [4.69, 9.17) is 0 Å². The molecule has 0 aliphatic carbocycles. The van der Waals surface area contributed by atoms with Crippen LogP contribution in [0.4, 0.5) is 10.8 Å². The Morgan fingerprint density at radius 2 is 2.04 bits per heavy atom. The van der Waals surface area contributed by atoms with Gasteiger partial charge >= 0.3 is 0 Å². The molecule has 1 amide bonds. The summed E-state index contributed by atoms with van der Waals surface area (Å²) in [6.07, 6.45) is 1.92. The predicted molar refractivity (Wildman–Crippen MR) is 89.0 cm³/mol. The van der Waals surface area contributed by atoms with Gasteiger partial charge in [-0.3, -0.25) is 20.2 Å². The van der Waals surface area contributed by atoms with Crippen molar-refractivity contribution < 1.29 is 9.72 Å². The van der Waals surface area contributed by atoms with Crippen LogP contribution in [0.1, 0.15) is 53.5 Å². The maximum absolute atomic E-state index is 12.3. The normalized spacial score (nSPS) is 10.8. The molecule has 122 valence electrons. The number of aromatic nitrogens is 2. The molecule has 1 aromatic heterocycles. The summed E-state index contributed by atoms with van der Waals surface area (Å²) in [6, 6.07) is 4.43. The minimum absolute atomic E-state index is 0.0763. The largest absolute Gasteiger partial charge is 0.296 e. The second kappa shape index (κ2) is 7.28. The molecule has 0 aliphatic rings. The van der Waals surface area contributed by atoms with E-state index in [1.807, 2.05) is 0 Å². The summed E-state index contributed by atoms with van der Waals surface area (Å²) >= 11 is 1.34. The molecular weight excluding hydrogens is 316 g/mol. The van der Waals surface area contributed by atoms with Crippen LogP contribution in [0, 0.1) is 17.0 Å². The lowest BCUT2D eigenvalue weighted by Gasteiger charge is -2.06. The van der Waals surface area contributed by atoms with Crippen molar-refractivity contribution in [1.29, 1.82) is 0 Å². The summed E-state index contributed by atoms with van der Waals surface area (Å²) in [5.74, 6) is -0.0869. The van der Waals surface area contributed by atoms with Gasteiger partial charge < -0.3 is 0 Å². The lowest BCUT2D eigenvalue weighted by Crippen LogP contribution is -2.14. The Morgan fingerprint density at radius 3 is 2.65 bits per heavy atom. The Kier molecular flexibility index (Phi) is 5.38. The fraction of sp³-hybridized carbons (Fsp3) is 0.400. The number of amides is 1. The van der Waals surface area contributed by atoms with Crippen molar-refractivity contribution in [3.63, 3.8) is 0 Å². The van der Waals surface area contributed by atoms with Gasteiger partial charge in [-0.15, -0.1) is 10.2 Å². The van der Waals surface area contributed by atoms with Crippen LogP contribution in [0.25, 0.3) is 0 Å². The minimum atomic E-state index is -0.498. The number of hydrogen-bond acceptors (Lipinski definition) is 6. The van der Waals surface area contributed by atoms with Crippen molar-refractivity contribution in [3.05, 3.63) is 44.4 Å². The minimum Gasteiger partial charge on any atom is -0.296 e. The molecule has 0 bridgehead atoms. The SMILES string of the molecule is CCC(CC)c1nnc(NC(=O)c2cccc([N+](=O)[O-])c2C)s1. The van der Waals surface area contributed by atoms with Gasteiger partial charge in [0.2, 0.25) is 5.13 Å². The lowest BCUT2D eigenvalue weighted by atomic mass is 10.1. The molecule has 1 N–H and O–H groups in total. The first-order valence-corrected chi connectivity index (χ1v) is 8.18. The van der Waals surface area contributed by atoms with Gasteiger partial charge in [-0.05, 0) is 25.8 Å². The summed E-state index contributed by atoms with van der Waals surface area (Å²) < 4.78 is 0. The standard InChI is InChI=1S/C15H18N4O3S/c1-4-10(5-2)14-17-18-15(23-14)16-13(20)11-7-6-8-12(9(11)3)19(21)22/h6-8,10H,4-5H2,1-3H3,(H,16,18,20). The van der Waals surface area contributed by atoms with Gasteiger partial charge in [-0.25, -0.2) is 0 Å². The molecule has 0 unspecified atom stereocenters. The van der Waals surface area contributed by atoms with E-state index >= 15 is 0 Å². The maximum atomic E-state index is 12.3. The van der Waals surface area contributed by atoms with Crippen molar-refractivity contribution in [1.82, 2.24) is 10.2 Å². The van der Waals surface area contributed by atoms with Crippen molar-refractivity contribution in [3.8, 4) is 0 Å². The smallest absolute Gasteiger partial charge is 0.273 e. The van der Waals surface area contributed by atoms with E-state index in [9.17, 15) is 14.9 Å². The Labute approximate surface area is 137 Å². The average molecular weight is 334 g/mol. The fourth-order valence-corrected chi connectivity index (χ4v) is 3.32. The number of nitrogens with one attached hydrogen (secondary N) is 1. The van der Waals surface area contributed by atoms with Crippen LogP contribution >= 0.6 is 11.3 Å². The second-order valence-corrected chi connectivity index (χ2v) is 6.13. The van der Waals surface area contributed by atoms with Crippen molar-refractivity contribution in [2.45, 2.75) is 39.5 Å². The first-order valence-electron chi connectivity index (χ1n) is 7.36. The quantitative estimate of drug-likeness (QED) is 0.638. The van der Waals surface area contributed by atoms with E-state index < -0.39 is 10.8 Å². The van der Waals surface area contributed by atoms with E-state index in [1.54, 1.807) is 13.0 Å². The van der Waals surface area contributed by atoms with Crippen LogP contribution < -0.4 is 5.32 Å². The summed E-state index contributed by atoms with van der Waals surface area (Å²) in [5.41, 5.74) is 0.519. The van der Waals surface area contributed by atoms with Crippen molar-refractivity contribution >= 4 is 28.1 Å². The van der Waals surface area contributed by atoms with E-state index in [2.05, 4.69) is 29.4 Å². The fourth-order valence-electron chi connectivity index (χ4n) is 2.32. The highest BCUT2D eigenvalue weighted by molar-refractivity contribution is 7.15. The monoisotopic (exact) mass is 334 g/mol. The summed E-state index contributed by atoms with van der Waals surface area (Å²) in [5, 5.41) is 23.0. The Hall–Kier alpha value is -2.35. The third-order valence-corrected chi connectivity index (χ3v) is 4.74. The molecule has 0 saturated carbocycles. The second-order valence-electron chi connectivity index (χ2n) is 5.12. The molecule has 0 radical (unpaired) electrons. The zero-order chi connectivity index (χ0) is 17.0. The van der Waals surface area contributed by atoms with Gasteiger partial charge in [0.05, 0.1) is 4.92 Å². The molecule has 2 rings (SSSR count). The van der Waals surface area contributed by atoms with Crippen LogP contribution in [0.5, 0.6) is 0 Å². The number of nitro benzene ring substituents is 1. The zero-order valence-electron chi connectivity index (χ0n) is 13.2. The molecule has 2 aromatic rings. The summed E-state index contributed by atoms with van der Waals surface area (Å²) in [4.78, 5) is 22.8. The molecule has 0 fully saturated rings.